The first-order valence-corrected chi connectivity index (χ1v) is 9.14. The van der Waals surface area contributed by atoms with Gasteiger partial charge in [-0.15, -0.1) is 0 Å². The maximum absolute atomic E-state index is 12.2. The van der Waals surface area contributed by atoms with Crippen LogP contribution in [0.1, 0.15) is 19.4 Å². The molecule has 1 aliphatic rings. The van der Waals surface area contributed by atoms with E-state index in [1.165, 1.54) is 6.08 Å². The minimum atomic E-state index is -0.319. The van der Waals surface area contributed by atoms with Crippen molar-refractivity contribution in [2.24, 2.45) is 0 Å². The Hall–Kier alpha value is -2.50. The molecule has 0 atom stereocenters. The number of hydrogen-bond acceptors (Lipinski definition) is 3. The molecule has 140 valence electrons. The van der Waals surface area contributed by atoms with Crippen LogP contribution in [0.5, 0.6) is 5.75 Å². The first kappa shape index (κ1) is 19.3. The van der Waals surface area contributed by atoms with E-state index >= 15 is 0 Å². The van der Waals surface area contributed by atoms with Crippen LogP contribution < -0.4 is 15.0 Å². The number of carbonyl (C=O) groups is 2. The molecule has 0 unspecified atom stereocenters. The number of anilines is 2. The van der Waals surface area contributed by atoms with E-state index in [0.717, 1.165) is 0 Å². The topological polar surface area (TPSA) is 58.6 Å². The van der Waals surface area contributed by atoms with E-state index in [1.807, 2.05) is 13.8 Å². The number of hydrogen-bond donors (Lipinski definition) is 1. The number of benzene rings is 2. The second kappa shape index (κ2) is 8.03. The van der Waals surface area contributed by atoms with Gasteiger partial charge in [0.05, 0.1) is 5.69 Å². The summed E-state index contributed by atoms with van der Waals surface area (Å²) < 4.78 is 5.46. The average Bonchev–Trinajstić information content (AvgIpc) is 2.60. The van der Waals surface area contributed by atoms with Gasteiger partial charge in [0.15, 0.2) is 6.61 Å². The van der Waals surface area contributed by atoms with E-state index in [2.05, 4.69) is 5.32 Å². The van der Waals surface area contributed by atoms with Crippen molar-refractivity contribution in [1.29, 1.82) is 0 Å². The molecule has 2 aromatic rings. The third-order valence-corrected chi connectivity index (χ3v) is 4.56. The third kappa shape index (κ3) is 4.43. The number of rotatable bonds is 4. The Morgan fingerprint density at radius 3 is 2.70 bits per heavy atom. The minimum absolute atomic E-state index is 0.0154. The number of nitrogens with zero attached hydrogens (tertiary/aromatic N) is 1. The first-order chi connectivity index (χ1) is 12.8. The van der Waals surface area contributed by atoms with Crippen molar-refractivity contribution in [3.05, 3.63) is 58.1 Å². The number of fused-ring (bicyclic) bond motifs is 1. The summed E-state index contributed by atoms with van der Waals surface area (Å²) >= 11 is 12.0. The lowest BCUT2D eigenvalue weighted by atomic mass is 10.1. The lowest BCUT2D eigenvalue weighted by Crippen LogP contribution is -2.43. The van der Waals surface area contributed by atoms with Crippen LogP contribution in [-0.4, -0.2) is 24.5 Å². The van der Waals surface area contributed by atoms with E-state index in [4.69, 9.17) is 27.9 Å². The monoisotopic (exact) mass is 404 g/mol. The Labute approximate surface area is 167 Å². The highest BCUT2D eigenvalue weighted by atomic mass is 35.5. The van der Waals surface area contributed by atoms with E-state index in [1.54, 1.807) is 47.4 Å². The fraction of sp³-hybridized carbons (Fsp3) is 0.200. The normalized spacial score (nSPS) is 13.7. The number of amides is 2. The second-order valence-electron chi connectivity index (χ2n) is 6.32. The smallest absolute Gasteiger partial charge is 0.265 e. The quantitative estimate of drug-likeness (QED) is 0.745. The maximum Gasteiger partial charge on any atom is 0.265 e. The first-order valence-electron chi connectivity index (χ1n) is 8.38. The van der Waals surface area contributed by atoms with Gasteiger partial charge in [-0.25, -0.2) is 0 Å². The van der Waals surface area contributed by atoms with Crippen LogP contribution in [0.25, 0.3) is 6.08 Å². The van der Waals surface area contributed by atoms with Crippen molar-refractivity contribution >= 4 is 52.5 Å². The number of nitrogens with one attached hydrogen (secondary N) is 1. The van der Waals surface area contributed by atoms with E-state index in [-0.39, 0.29) is 24.5 Å². The Morgan fingerprint density at radius 1 is 1.22 bits per heavy atom. The van der Waals surface area contributed by atoms with Gasteiger partial charge >= 0.3 is 0 Å². The third-order valence-electron chi connectivity index (χ3n) is 4.00. The van der Waals surface area contributed by atoms with Crippen molar-refractivity contribution in [3.63, 3.8) is 0 Å². The van der Waals surface area contributed by atoms with Crippen LogP contribution in [0.2, 0.25) is 10.0 Å². The predicted octanol–water partition coefficient (Wildman–Crippen LogP) is 4.78. The lowest BCUT2D eigenvalue weighted by molar-refractivity contribution is -0.121. The van der Waals surface area contributed by atoms with Crippen LogP contribution in [0, 0.1) is 0 Å². The van der Waals surface area contributed by atoms with Gasteiger partial charge in [0.1, 0.15) is 5.75 Å². The zero-order valence-electron chi connectivity index (χ0n) is 14.8. The standard InChI is InChI=1S/C20H18Cl2N2O3/c1-12(2)24-17-10-15(6-7-18(17)27-11-20(24)26)23-19(25)8-4-13-3-5-14(21)9-16(13)22/h3-10,12H,11H2,1-2H3,(H,23,25)/b8-4+. The zero-order valence-corrected chi connectivity index (χ0v) is 16.3. The average molecular weight is 405 g/mol. The molecule has 0 spiro atoms. The Morgan fingerprint density at radius 2 is 2.00 bits per heavy atom. The van der Waals surface area contributed by atoms with Gasteiger partial charge in [-0.05, 0) is 55.8 Å². The molecule has 0 aromatic heterocycles. The highest BCUT2D eigenvalue weighted by Crippen LogP contribution is 2.35. The molecule has 0 fully saturated rings. The van der Waals surface area contributed by atoms with Gasteiger partial charge < -0.3 is 15.0 Å². The largest absolute Gasteiger partial charge is 0.482 e. The molecule has 2 amide bonds. The van der Waals surface area contributed by atoms with Gasteiger partial charge in [0.25, 0.3) is 5.91 Å². The van der Waals surface area contributed by atoms with Crippen LogP contribution in [0.4, 0.5) is 11.4 Å². The summed E-state index contributed by atoms with van der Waals surface area (Å²) in [5.41, 5.74) is 1.89. The molecule has 7 heteroatoms. The summed E-state index contributed by atoms with van der Waals surface area (Å²) in [6.45, 7) is 3.87. The number of halogens is 2. The van der Waals surface area contributed by atoms with Crippen molar-refractivity contribution in [2.75, 3.05) is 16.8 Å². The van der Waals surface area contributed by atoms with Gasteiger partial charge in [-0.2, -0.15) is 0 Å². The van der Waals surface area contributed by atoms with E-state index < -0.39 is 0 Å². The van der Waals surface area contributed by atoms with Crippen molar-refractivity contribution in [1.82, 2.24) is 0 Å². The van der Waals surface area contributed by atoms with Crippen LogP contribution >= 0.6 is 23.2 Å². The Bertz CT molecular complexity index is 925. The van der Waals surface area contributed by atoms with Crippen molar-refractivity contribution in [3.8, 4) is 5.75 Å². The Kier molecular flexibility index (Phi) is 5.73. The summed E-state index contributed by atoms with van der Waals surface area (Å²) in [7, 11) is 0. The molecular weight excluding hydrogens is 387 g/mol. The van der Waals surface area contributed by atoms with Crippen LogP contribution in [0.15, 0.2) is 42.5 Å². The Balaban J connectivity index is 1.77. The molecule has 2 aromatic carbocycles. The predicted molar refractivity (Wildman–Crippen MR) is 109 cm³/mol. The summed E-state index contributed by atoms with van der Waals surface area (Å²) in [5.74, 6) is 0.183. The molecule has 1 aliphatic heterocycles. The molecule has 3 rings (SSSR count). The van der Waals surface area contributed by atoms with Gasteiger partial charge in [0.2, 0.25) is 5.91 Å². The maximum atomic E-state index is 12.2. The SMILES string of the molecule is CC(C)N1C(=O)COc2ccc(NC(=O)/C=C/c3ccc(Cl)cc3Cl)cc21. The molecule has 0 saturated carbocycles. The molecular formula is C20H18Cl2N2O3. The van der Waals surface area contributed by atoms with Gasteiger partial charge in [0, 0.05) is 27.9 Å². The zero-order chi connectivity index (χ0) is 19.6. The van der Waals surface area contributed by atoms with Crippen molar-refractivity contribution in [2.45, 2.75) is 19.9 Å². The molecule has 1 heterocycles. The summed E-state index contributed by atoms with van der Waals surface area (Å²) in [6, 6.07) is 10.2. The highest BCUT2D eigenvalue weighted by Gasteiger charge is 2.27. The van der Waals surface area contributed by atoms with E-state index in [9.17, 15) is 9.59 Å². The summed E-state index contributed by atoms with van der Waals surface area (Å²) in [6.07, 6.45) is 3.00. The fourth-order valence-electron chi connectivity index (χ4n) is 2.80. The van der Waals surface area contributed by atoms with Crippen molar-refractivity contribution < 1.29 is 14.3 Å². The van der Waals surface area contributed by atoms with Gasteiger partial charge in [-0.1, -0.05) is 29.3 Å². The number of ether oxygens (including phenoxy) is 1. The highest BCUT2D eigenvalue weighted by molar-refractivity contribution is 6.35. The molecule has 0 radical (unpaired) electrons. The number of carbonyl (C=O) groups excluding carboxylic acids is 2. The lowest BCUT2D eigenvalue weighted by Gasteiger charge is -2.32. The van der Waals surface area contributed by atoms with Crippen LogP contribution in [-0.2, 0) is 9.59 Å². The van der Waals surface area contributed by atoms with Crippen LogP contribution in [0.3, 0.4) is 0 Å². The molecule has 0 bridgehead atoms. The molecule has 5 nitrogen and oxygen atoms in total. The molecule has 1 N–H and O–H groups in total. The summed E-state index contributed by atoms with van der Waals surface area (Å²) in [4.78, 5) is 26.0. The minimum Gasteiger partial charge on any atom is -0.482 e. The van der Waals surface area contributed by atoms with E-state index in [0.29, 0.717) is 32.7 Å². The molecule has 0 aliphatic carbocycles. The molecule has 0 saturated heterocycles. The van der Waals surface area contributed by atoms with Gasteiger partial charge in [-0.3, -0.25) is 9.59 Å². The molecule has 27 heavy (non-hydrogen) atoms. The fourth-order valence-corrected chi connectivity index (χ4v) is 3.27. The second-order valence-corrected chi connectivity index (χ2v) is 7.16. The summed E-state index contributed by atoms with van der Waals surface area (Å²) in [5, 5.41) is 3.77.